The third kappa shape index (κ3) is 16.7. The Kier molecular flexibility index (Phi) is 22.3. The third-order valence-corrected chi connectivity index (χ3v) is 19.2. The number of halogens is 21. The Labute approximate surface area is 436 Å². The van der Waals surface area contributed by atoms with Crippen molar-refractivity contribution >= 4 is 55.6 Å². The van der Waals surface area contributed by atoms with E-state index in [9.17, 15) is 79.0 Å². The normalized spacial score (nSPS) is 12.8. The van der Waals surface area contributed by atoms with Gasteiger partial charge in [-0.25, -0.2) is 0 Å². The molecule has 6 aromatic carbocycles. The zero-order valence-electron chi connectivity index (χ0n) is 36.1. The summed E-state index contributed by atoms with van der Waals surface area (Å²) in [7, 11) is -7.50. The zero-order valence-corrected chi connectivity index (χ0v) is 43.4. The van der Waals surface area contributed by atoms with Crippen molar-refractivity contribution in [2.45, 2.75) is 44.0 Å². The Balaban J connectivity index is 0.00000444. The van der Waals surface area contributed by atoms with Crippen molar-refractivity contribution < 1.29 is 136 Å². The quantitative estimate of drug-likeness (QED) is 0.112. The van der Waals surface area contributed by atoms with E-state index in [1.54, 1.807) is 0 Å². The second kappa shape index (κ2) is 24.7. The molecule has 0 heterocycles. The van der Waals surface area contributed by atoms with Crippen molar-refractivity contribution in [1.82, 2.24) is 0 Å². The van der Waals surface area contributed by atoms with E-state index < -0.39 is 118 Å². The molecule has 0 aliphatic rings. The third-order valence-electron chi connectivity index (χ3n) is 10.5. The average Bonchev–Trinajstić information content (AvgIpc) is 3.25. The van der Waals surface area contributed by atoms with Gasteiger partial charge in [0.2, 0.25) is 0 Å². The maximum absolute atomic E-state index is 14.3. The van der Waals surface area contributed by atoms with Crippen LogP contribution in [0.15, 0.2) is 146 Å². The Bertz CT molecular complexity index is 2260. The predicted molar refractivity (Wildman–Crippen MR) is 230 cm³/mol. The van der Waals surface area contributed by atoms with Crippen LogP contribution in [0.2, 0.25) is 0 Å². The summed E-state index contributed by atoms with van der Waals surface area (Å²) in [6.07, 6.45) is -31.6. The van der Waals surface area contributed by atoms with E-state index in [0.717, 1.165) is 36.4 Å². The van der Waals surface area contributed by atoms with Crippen LogP contribution in [0.5, 0.6) is 0 Å². The number of hydrogen-bond acceptors (Lipinski definition) is 0. The molecule has 0 unspecified atom stereocenters. The summed E-state index contributed by atoms with van der Waals surface area (Å²) in [5, 5.41) is -1.14. The standard InChI is InChI=1S/C47H33F18P3.3ClH.Ir/c1-41(26-66(35-14-2-8-29(20-35)42(48,49)50)36-15-3-9-30(21-36)43(51,52)53,27-67(37-16-4-10-31(22-37)44(54,55)56)38-17-5-11-32(23-38)45(57,58)59)28-68(39-18-6-12-33(24-39)46(60,61)62)40-19-7-13-34(25-40)47(63,64)65;;;;/h2-25H,26-28H2,1H3;3*1H;/q;;;;+3/p-3. The molecule has 392 valence electrons. The average molecular weight is 1330 g/mol. The predicted octanol–water partition coefficient (Wildman–Crippen LogP) is 5.51. The summed E-state index contributed by atoms with van der Waals surface area (Å²) in [6.45, 7) is 1.39. The van der Waals surface area contributed by atoms with E-state index in [1.165, 1.54) is 43.3 Å². The summed E-state index contributed by atoms with van der Waals surface area (Å²) in [4.78, 5) is 0. The molecule has 0 aromatic heterocycles. The molecule has 6 rings (SSSR count). The van der Waals surface area contributed by atoms with Gasteiger partial charge in [0.05, 0.1) is 33.4 Å². The minimum Gasteiger partial charge on any atom is -1.00 e. The van der Waals surface area contributed by atoms with Crippen LogP contribution in [-0.2, 0) is 57.2 Å². The first-order valence-corrected chi connectivity index (χ1v) is 24.3. The fourth-order valence-electron chi connectivity index (χ4n) is 7.39. The summed E-state index contributed by atoms with van der Waals surface area (Å²) >= 11 is 0. The molecular formula is C47H33Cl3F18IrP3. The number of hydrogen-bond donors (Lipinski definition) is 0. The first-order valence-electron chi connectivity index (χ1n) is 19.7. The van der Waals surface area contributed by atoms with Crippen LogP contribution < -0.4 is 69.0 Å². The molecule has 0 fully saturated rings. The number of alkyl halides is 18. The van der Waals surface area contributed by atoms with Gasteiger partial charge < -0.3 is 37.2 Å². The van der Waals surface area contributed by atoms with Crippen molar-refractivity contribution in [2.75, 3.05) is 18.5 Å². The topological polar surface area (TPSA) is 0 Å². The molecule has 0 bridgehead atoms. The van der Waals surface area contributed by atoms with Gasteiger partial charge in [-0.05, 0) is 152 Å². The fourth-order valence-corrected chi connectivity index (χ4v) is 16.2. The van der Waals surface area contributed by atoms with Gasteiger partial charge in [-0.3, -0.25) is 0 Å². The minimum absolute atomic E-state index is 0. The van der Waals surface area contributed by atoms with Crippen molar-refractivity contribution in [3.05, 3.63) is 179 Å². The molecule has 0 saturated heterocycles. The maximum Gasteiger partial charge on any atom is 3.00 e. The summed E-state index contributed by atoms with van der Waals surface area (Å²) in [6, 6.07) is 21.2. The summed E-state index contributed by atoms with van der Waals surface area (Å²) < 4.78 is 257. The van der Waals surface area contributed by atoms with E-state index in [-0.39, 0.29) is 89.2 Å². The van der Waals surface area contributed by atoms with Crippen LogP contribution in [0.1, 0.15) is 40.3 Å². The van der Waals surface area contributed by atoms with Crippen LogP contribution in [0.25, 0.3) is 0 Å². The summed E-state index contributed by atoms with van der Waals surface area (Å²) in [5.74, 6) is 0. The van der Waals surface area contributed by atoms with E-state index in [0.29, 0.717) is 72.8 Å². The SMILES string of the molecule is CC(CP(c1cccc(C(F)(F)F)c1)c1cccc(C(F)(F)F)c1)(CP(c1cccc(C(F)(F)F)c1)c1cccc(C(F)(F)F)c1)CP(c1cccc(C(F)(F)F)c1)c1cccc(C(F)(F)F)c1.[Cl-].[Cl-].[Cl-].[Ir+3]. The molecule has 0 N–H and O–H groups in total. The van der Waals surface area contributed by atoms with Crippen molar-refractivity contribution in [3.63, 3.8) is 0 Å². The van der Waals surface area contributed by atoms with Crippen LogP contribution in [-0.4, -0.2) is 18.5 Å². The van der Waals surface area contributed by atoms with Crippen molar-refractivity contribution in [2.24, 2.45) is 5.41 Å². The van der Waals surface area contributed by atoms with Gasteiger partial charge in [0, 0.05) is 0 Å². The second-order valence-electron chi connectivity index (χ2n) is 15.9. The molecule has 25 heteroatoms. The Morgan fingerprint density at radius 1 is 0.278 bits per heavy atom. The molecular weight excluding hydrogens is 1300 g/mol. The minimum atomic E-state index is -5.00. The molecule has 0 spiro atoms. The molecule has 6 aromatic rings. The zero-order chi connectivity index (χ0) is 50.3. The van der Waals surface area contributed by atoms with Gasteiger partial charge >= 0.3 is 57.2 Å². The monoisotopic (exact) mass is 1330 g/mol. The van der Waals surface area contributed by atoms with Crippen molar-refractivity contribution in [3.8, 4) is 0 Å². The van der Waals surface area contributed by atoms with Gasteiger partial charge in [0.15, 0.2) is 0 Å². The van der Waals surface area contributed by atoms with Crippen LogP contribution in [0.4, 0.5) is 79.0 Å². The second-order valence-corrected chi connectivity index (χ2v) is 22.5. The number of benzene rings is 6. The van der Waals surface area contributed by atoms with E-state index in [1.807, 2.05) is 0 Å². The smallest absolute Gasteiger partial charge is 1.00 e. The first-order chi connectivity index (χ1) is 31.3. The molecule has 0 amide bonds. The van der Waals surface area contributed by atoms with E-state index in [2.05, 4.69) is 0 Å². The molecule has 0 nitrogen and oxygen atoms in total. The van der Waals surface area contributed by atoms with Gasteiger partial charge in [0.1, 0.15) is 0 Å². The largest absolute Gasteiger partial charge is 3.00 e. The number of rotatable bonds is 12. The van der Waals surface area contributed by atoms with E-state index in [4.69, 9.17) is 0 Å². The molecule has 0 aliphatic heterocycles. The Morgan fingerprint density at radius 3 is 0.542 bits per heavy atom. The Hall–Kier alpha value is -3.13. The van der Waals surface area contributed by atoms with Gasteiger partial charge in [-0.15, -0.1) is 0 Å². The molecule has 0 radical (unpaired) electrons. The van der Waals surface area contributed by atoms with Gasteiger partial charge in [0.25, 0.3) is 0 Å². The molecule has 72 heavy (non-hydrogen) atoms. The van der Waals surface area contributed by atoms with Gasteiger partial charge in [-0.2, -0.15) is 79.0 Å². The maximum atomic E-state index is 14.3. The van der Waals surface area contributed by atoms with Crippen LogP contribution >= 0.6 is 23.8 Å². The molecule has 0 atom stereocenters. The van der Waals surface area contributed by atoms with E-state index >= 15 is 0 Å². The van der Waals surface area contributed by atoms with Gasteiger partial charge in [-0.1, -0.05) is 79.7 Å². The fraction of sp³-hybridized carbons (Fsp3) is 0.234. The molecule has 0 aliphatic carbocycles. The van der Waals surface area contributed by atoms with Crippen LogP contribution in [0, 0.1) is 5.41 Å². The van der Waals surface area contributed by atoms with Crippen LogP contribution in [0.3, 0.4) is 0 Å². The Morgan fingerprint density at radius 2 is 0.417 bits per heavy atom. The first kappa shape index (κ1) is 65.0. The molecule has 0 saturated carbocycles. The van der Waals surface area contributed by atoms with Crippen molar-refractivity contribution in [1.29, 1.82) is 0 Å². The summed E-state index contributed by atoms with van der Waals surface area (Å²) in [5.41, 5.74) is -9.18.